The van der Waals surface area contributed by atoms with Crippen LogP contribution in [0.3, 0.4) is 0 Å². The van der Waals surface area contributed by atoms with Crippen LogP contribution in [0.25, 0.3) is 0 Å². The Balaban J connectivity index is 0.00000192. The molecule has 7 heteroatoms. The molecule has 114 valence electrons. The Bertz CT molecular complexity index is 758. The van der Waals surface area contributed by atoms with Crippen LogP contribution in [0.1, 0.15) is 28.4 Å². The van der Waals surface area contributed by atoms with E-state index < -0.39 is 6.10 Å². The molecule has 0 radical (unpaired) electrons. The molecule has 2 aromatic rings. The molecular formula is C16H14NaO6+. The Hall–Kier alpha value is -1.89. The van der Waals surface area contributed by atoms with Gasteiger partial charge in [0.2, 0.25) is 0 Å². The van der Waals surface area contributed by atoms with Gasteiger partial charge in [-0.3, -0.25) is 4.79 Å². The molecule has 0 saturated heterocycles. The van der Waals surface area contributed by atoms with Crippen LogP contribution in [-0.4, -0.2) is 28.2 Å². The second-order valence-electron chi connectivity index (χ2n) is 5.00. The number of aromatic hydroxyl groups is 3. The topological polar surface area (TPSA) is 96.2 Å². The van der Waals surface area contributed by atoms with Gasteiger partial charge >= 0.3 is 29.6 Å². The molecule has 0 aromatic heterocycles. The summed E-state index contributed by atoms with van der Waals surface area (Å²) < 4.78 is 10.8. The Morgan fingerprint density at radius 2 is 1.87 bits per heavy atom. The molecule has 23 heavy (non-hydrogen) atoms. The van der Waals surface area contributed by atoms with E-state index in [1.165, 1.54) is 19.2 Å². The minimum Gasteiger partial charge on any atom is -0.508 e. The SMILES string of the molecule is COc1cc(C2CC(=O)c3c(O)cc(O)cc3O2)ccc1O.[Na+]. The Labute approximate surface area is 154 Å². The molecule has 1 heterocycles. The van der Waals surface area contributed by atoms with Gasteiger partial charge in [0.25, 0.3) is 0 Å². The van der Waals surface area contributed by atoms with Crippen LogP contribution in [0.15, 0.2) is 30.3 Å². The van der Waals surface area contributed by atoms with Crippen LogP contribution in [-0.2, 0) is 0 Å². The molecule has 0 amide bonds. The van der Waals surface area contributed by atoms with Gasteiger partial charge in [0, 0.05) is 12.1 Å². The number of carbonyl (C=O) groups is 1. The van der Waals surface area contributed by atoms with Crippen LogP contribution in [0.4, 0.5) is 0 Å². The molecule has 1 unspecified atom stereocenters. The second-order valence-corrected chi connectivity index (χ2v) is 5.00. The summed E-state index contributed by atoms with van der Waals surface area (Å²) >= 11 is 0. The van der Waals surface area contributed by atoms with Crippen molar-refractivity contribution >= 4 is 5.78 Å². The summed E-state index contributed by atoms with van der Waals surface area (Å²) in [5.41, 5.74) is 0.719. The second kappa shape index (κ2) is 6.70. The molecule has 1 aliphatic heterocycles. The van der Waals surface area contributed by atoms with E-state index >= 15 is 0 Å². The molecule has 0 spiro atoms. The molecule has 0 saturated carbocycles. The minimum absolute atomic E-state index is 0. The third kappa shape index (κ3) is 3.24. The number of methoxy groups -OCH3 is 1. The van der Waals surface area contributed by atoms with Crippen molar-refractivity contribution < 1.29 is 59.1 Å². The van der Waals surface area contributed by atoms with Gasteiger partial charge in [-0.1, -0.05) is 6.07 Å². The normalized spacial score (nSPS) is 16.0. The number of rotatable bonds is 2. The molecule has 0 fully saturated rings. The van der Waals surface area contributed by atoms with E-state index in [1.807, 2.05) is 0 Å². The fraction of sp³-hybridized carbons (Fsp3) is 0.188. The fourth-order valence-corrected chi connectivity index (χ4v) is 2.51. The third-order valence-corrected chi connectivity index (χ3v) is 3.56. The van der Waals surface area contributed by atoms with Crippen molar-refractivity contribution in [2.45, 2.75) is 12.5 Å². The summed E-state index contributed by atoms with van der Waals surface area (Å²) in [5.74, 6) is -0.376. The number of hydrogen-bond acceptors (Lipinski definition) is 6. The smallest absolute Gasteiger partial charge is 0.508 e. The van der Waals surface area contributed by atoms with Crippen molar-refractivity contribution in [1.29, 1.82) is 0 Å². The summed E-state index contributed by atoms with van der Waals surface area (Å²) in [6.45, 7) is 0. The number of carbonyl (C=O) groups excluding carboxylic acids is 1. The number of benzene rings is 2. The Morgan fingerprint density at radius 1 is 1.13 bits per heavy atom. The monoisotopic (exact) mass is 325 g/mol. The number of fused-ring (bicyclic) bond motifs is 1. The van der Waals surface area contributed by atoms with Crippen LogP contribution in [0.2, 0.25) is 0 Å². The van der Waals surface area contributed by atoms with Crippen molar-refractivity contribution in [2.24, 2.45) is 0 Å². The van der Waals surface area contributed by atoms with Crippen molar-refractivity contribution in [1.82, 2.24) is 0 Å². The Morgan fingerprint density at radius 3 is 2.57 bits per heavy atom. The van der Waals surface area contributed by atoms with E-state index in [0.717, 1.165) is 6.07 Å². The predicted octanol–water partition coefficient (Wildman–Crippen LogP) is -0.478. The van der Waals surface area contributed by atoms with Crippen LogP contribution in [0, 0.1) is 0 Å². The zero-order valence-electron chi connectivity index (χ0n) is 12.7. The van der Waals surface area contributed by atoms with Crippen molar-refractivity contribution in [3.05, 3.63) is 41.5 Å². The van der Waals surface area contributed by atoms with Gasteiger partial charge in [-0.15, -0.1) is 0 Å². The van der Waals surface area contributed by atoms with E-state index in [1.54, 1.807) is 12.1 Å². The van der Waals surface area contributed by atoms with Crippen molar-refractivity contribution in [2.75, 3.05) is 7.11 Å². The van der Waals surface area contributed by atoms with Crippen molar-refractivity contribution in [3.63, 3.8) is 0 Å². The molecule has 0 aliphatic carbocycles. The first-order chi connectivity index (χ1) is 10.5. The van der Waals surface area contributed by atoms with Crippen LogP contribution < -0.4 is 39.0 Å². The molecule has 0 bridgehead atoms. The molecule has 3 rings (SSSR count). The summed E-state index contributed by atoms with van der Waals surface area (Å²) in [6.07, 6.45) is -0.546. The number of phenols is 3. The number of hydrogen-bond donors (Lipinski definition) is 3. The van der Waals surface area contributed by atoms with Gasteiger partial charge < -0.3 is 24.8 Å². The molecule has 3 N–H and O–H groups in total. The quantitative estimate of drug-likeness (QED) is 0.646. The van der Waals surface area contributed by atoms with Crippen LogP contribution >= 0.6 is 0 Å². The first-order valence-electron chi connectivity index (χ1n) is 6.62. The van der Waals surface area contributed by atoms with E-state index in [2.05, 4.69) is 0 Å². The standard InChI is InChI=1S/C16H14O6.Na/c1-21-14-4-8(2-3-10(14)18)13-7-12(20)16-11(19)5-9(17)6-15(16)22-13;/h2-6,13,17-19H,7H2,1H3;/q;+1. The zero-order chi connectivity index (χ0) is 15.9. The fourth-order valence-electron chi connectivity index (χ4n) is 2.51. The number of phenolic OH excluding ortho intramolecular Hbond substituents is 3. The molecular weight excluding hydrogens is 311 g/mol. The molecule has 1 atom stereocenters. The number of Topliss-reactive ketones (excluding diaryl/α,β-unsaturated/α-hetero) is 1. The molecule has 2 aromatic carbocycles. The van der Waals surface area contributed by atoms with Crippen molar-refractivity contribution in [3.8, 4) is 28.7 Å². The Kier molecular flexibility index (Phi) is 5.09. The number of ether oxygens (including phenoxy) is 2. The zero-order valence-corrected chi connectivity index (χ0v) is 14.7. The van der Waals surface area contributed by atoms with Gasteiger partial charge in [-0.25, -0.2) is 0 Å². The van der Waals surface area contributed by atoms with Gasteiger partial charge in [0.1, 0.15) is 28.9 Å². The summed E-state index contributed by atoms with van der Waals surface area (Å²) in [7, 11) is 1.43. The van der Waals surface area contributed by atoms with Gasteiger partial charge in [0.05, 0.1) is 13.5 Å². The largest absolute Gasteiger partial charge is 1.00 e. The first-order valence-corrected chi connectivity index (χ1v) is 6.62. The molecule has 1 aliphatic rings. The number of ketones is 1. The predicted molar refractivity (Wildman–Crippen MR) is 76.7 cm³/mol. The van der Waals surface area contributed by atoms with E-state index in [9.17, 15) is 20.1 Å². The molecule has 6 nitrogen and oxygen atoms in total. The van der Waals surface area contributed by atoms with E-state index in [4.69, 9.17) is 9.47 Å². The summed E-state index contributed by atoms with van der Waals surface area (Å²) in [6, 6.07) is 7.06. The average molecular weight is 325 g/mol. The summed E-state index contributed by atoms with van der Waals surface area (Å²) in [4.78, 5) is 12.2. The third-order valence-electron chi connectivity index (χ3n) is 3.56. The van der Waals surface area contributed by atoms with Gasteiger partial charge in [-0.05, 0) is 17.7 Å². The minimum atomic E-state index is -0.587. The maximum Gasteiger partial charge on any atom is 1.00 e. The van der Waals surface area contributed by atoms with Crippen LogP contribution in [0.5, 0.6) is 28.7 Å². The first kappa shape index (κ1) is 17.5. The average Bonchev–Trinajstić information content (AvgIpc) is 2.46. The summed E-state index contributed by atoms with van der Waals surface area (Å²) in [5, 5.41) is 28.9. The maximum atomic E-state index is 12.2. The maximum absolute atomic E-state index is 12.2. The van der Waals surface area contributed by atoms with E-state index in [0.29, 0.717) is 5.56 Å². The van der Waals surface area contributed by atoms with Gasteiger partial charge in [-0.2, -0.15) is 0 Å². The van der Waals surface area contributed by atoms with Gasteiger partial charge in [0.15, 0.2) is 17.3 Å². The van der Waals surface area contributed by atoms with E-state index in [-0.39, 0.29) is 76.1 Å².